The second-order valence-corrected chi connectivity index (χ2v) is 4.48. The third-order valence-corrected chi connectivity index (χ3v) is 3.84. The molecule has 1 aliphatic heterocycles. The second-order valence-electron chi connectivity index (χ2n) is 4.48. The highest BCUT2D eigenvalue weighted by molar-refractivity contribution is 4.90. The normalized spacial score (nSPS) is 42.2. The first-order valence-electron chi connectivity index (χ1n) is 5.65. The van der Waals surface area contributed by atoms with E-state index in [2.05, 4.69) is 12.2 Å². The molecule has 0 amide bonds. The molecule has 0 aromatic carbocycles. The van der Waals surface area contributed by atoms with Crippen LogP contribution >= 0.6 is 0 Å². The molecular weight excluding hydrogens is 146 g/mol. The Kier molecular flexibility index (Phi) is 2.69. The summed E-state index contributed by atoms with van der Waals surface area (Å²) in [7, 11) is 0. The minimum atomic E-state index is 0.887. The van der Waals surface area contributed by atoms with E-state index < -0.39 is 0 Å². The number of hydrogen-bond acceptors (Lipinski definition) is 1. The Bertz CT molecular complexity index is 144. The molecule has 1 saturated heterocycles. The van der Waals surface area contributed by atoms with Gasteiger partial charge in [-0.15, -0.1) is 0 Å². The third kappa shape index (κ3) is 1.52. The van der Waals surface area contributed by atoms with Crippen LogP contribution in [0.3, 0.4) is 0 Å². The zero-order valence-corrected chi connectivity index (χ0v) is 8.18. The van der Waals surface area contributed by atoms with Gasteiger partial charge in [0.2, 0.25) is 0 Å². The summed E-state index contributed by atoms with van der Waals surface area (Å²) >= 11 is 0. The van der Waals surface area contributed by atoms with Gasteiger partial charge in [-0.1, -0.05) is 32.6 Å². The summed E-state index contributed by atoms with van der Waals surface area (Å²) in [5.41, 5.74) is 0. The number of fused-ring (bicyclic) bond motifs is 1. The first-order valence-corrected chi connectivity index (χ1v) is 5.65. The second kappa shape index (κ2) is 3.78. The van der Waals surface area contributed by atoms with Gasteiger partial charge in [0.25, 0.3) is 0 Å². The molecular formula is C11H21N. The molecule has 0 aromatic heterocycles. The van der Waals surface area contributed by atoms with E-state index in [1.54, 1.807) is 0 Å². The molecule has 1 aliphatic carbocycles. The Hall–Kier alpha value is -0.0400. The first-order chi connectivity index (χ1) is 5.92. The topological polar surface area (TPSA) is 12.0 Å². The molecule has 2 fully saturated rings. The minimum Gasteiger partial charge on any atom is -0.313 e. The Balaban J connectivity index is 1.99. The number of hydrogen-bond donors (Lipinski definition) is 1. The van der Waals surface area contributed by atoms with E-state index in [1.165, 1.54) is 45.1 Å². The van der Waals surface area contributed by atoms with Gasteiger partial charge in [-0.25, -0.2) is 0 Å². The maximum Gasteiger partial charge on any atom is 0.00985 e. The van der Waals surface area contributed by atoms with Crippen molar-refractivity contribution in [1.29, 1.82) is 0 Å². The molecule has 1 heterocycles. The Morgan fingerprint density at radius 2 is 2.00 bits per heavy atom. The largest absolute Gasteiger partial charge is 0.313 e. The van der Waals surface area contributed by atoms with Gasteiger partial charge in [-0.2, -0.15) is 0 Å². The molecule has 1 nitrogen and oxygen atoms in total. The van der Waals surface area contributed by atoms with E-state index in [4.69, 9.17) is 0 Å². The molecule has 2 rings (SSSR count). The summed E-state index contributed by atoms with van der Waals surface area (Å²) in [4.78, 5) is 0. The van der Waals surface area contributed by atoms with Crippen LogP contribution in [0.4, 0.5) is 0 Å². The van der Waals surface area contributed by atoms with E-state index in [0.717, 1.165) is 17.9 Å². The van der Waals surface area contributed by atoms with E-state index in [0.29, 0.717) is 0 Å². The van der Waals surface area contributed by atoms with E-state index >= 15 is 0 Å². The lowest BCUT2D eigenvalue weighted by Gasteiger charge is -2.20. The molecule has 0 aromatic rings. The van der Waals surface area contributed by atoms with Crippen LogP contribution in [0, 0.1) is 11.8 Å². The molecule has 0 radical (unpaired) electrons. The van der Waals surface area contributed by atoms with Crippen molar-refractivity contribution in [3.05, 3.63) is 0 Å². The van der Waals surface area contributed by atoms with Crippen LogP contribution in [-0.2, 0) is 0 Å². The van der Waals surface area contributed by atoms with Crippen LogP contribution in [0.25, 0.3) is 0 Å². The lowest BCUT2D eigenvalue weighted by Crippen LogP contribution is -2.25. The molecule has 12 heavy (non-hydrogen) atoms. The molecule has 3 atom stereocenters. The standard InChI is InChI=1S/C11H21N/c1-2-9-8-12-11-7-5-3-4-6-10(9)11/h9-12H,2-8H2,1H3/t9?,10-,11+/m0/s1. The van der Waals surface area contributed by atoms with Crippen molar-refractivity contribution >= 4 is 0 Å². The molecule has 1 N–H and O–H groups in total. The zero-order valence-electron chi connectivity index (χ0n) is 8.18. The summed E-state index contributed by atoms with van der Waals surface area (Å²) in [6.45, 7) is 3.64. The average Bonchev–Trinajstić information content (AvgIpc) is 2.33. The Morgan fingerprint density at radius 1 is 1.17 bits per heavy atom. The fraction of sp³-hybridized carbons (Fsp3) is 1.00. The fourth-order valence-electron chi connectivity index (χ4n) is 3.06. The van der Waals surface area contributed by atoms with Crippen molar-refractivity contribution in [2.75, 3.05) is 6.54 Å². The molecule has 0 bridgehead atoms. The van der Waals surface area contributed by atoms with Gasteiger partial charge in [0.05, 0.1) is 0 Å². The van der Waals surface area contributed by atoms with Gasteiger partial charge >= 0.3 is 0 Å². The average molecular weight is 167 g/mol. The van der Waals surface area contributed by atoms with Gasteiger partial charge in [0.1, 0.15) is 0 Å². The molecule has 0 spiro atoms. The molecule has 70 valence electrons. The van der Waals surface area contributed by atoms with Gasteiger partial charge in [0.15, 0.2) is 0 Å². The predicted molar refractivity (Wildman–Crippen MR) is 52.1 cm³/mol. The Morgan fingerprint density at radius 3 is 2.83 bits per heavy atom. The molecule has 2 aliphatic rings. The van der Waals surface area contributed by atoms with Crippen molar-refractivity contribution in [2.24, 2.45) is 11.8 Å². The summed E-state index contributed by atoms with van der Waals surface area (Å²) in [5.74, 6) is 2.02. The van der Waals surface area contributed by atoms with Gasteiger partial charge in [0, 0.05) is 6.04 Å². The SMILES string of the molecule is CCC1CN[C@@H]2CCCCC[C@@H]12. The molecule has 1 heteroatoms. The third-order valence-electron chi connectivity index (χ3n) is 3.84. The van der Waals surface area contributed by atoms with Crippen LogP contribution in [0.5, 0.6) is 0 Å². The minimum absolute atomic E-state index is 0.887. The predicted octanol–water partition coefficient (Wildman–Crippen LogP) is 2.56. The lowest BCUT2D eigenvalue weighted by molar-refractivity contribution is 0.336. The van der Waals surface area contributed by atoms with Crippen LogP contribution in [0.15, 0.2) is 0 Å². The number of nitrogens with one attached hydrogen (secondary N) is 1. The van der Waals surface area contributed by atoms with Crippen molar-refractivity contribution < 1.29 is 0 Å². The summed E-state index contributed by atoms with van der Waals surface area (Å²) in [6.07, 6.45) is 8.75. The van der Waals surface area contributed by atoms with E-state index in [9.17, 15) is 0 Å². The summed E-state index contributed by atoms with van der Waals surface area (Å²) < 4.78 is 0. The lowest BCUT2D eigenvalue weighted by atomic mass is 9.85. The zero-order chi connectivity index (χ0) is 8.39. The fourth-order valence-corrected chi connectivity index (χ4v) is 3.06. The Labute approximate surface area is 75.9 Å². The quantitative estimate of drug-likeness (QED) is 0.633. The van der Waals surface area contributed by atoms with Crippen molar-refractivity contribution in [1.82, 2.24) is 5.32 Å². The summed E-state index contributed by atoms with van der Waals surface area (Å²) in [5, 5.41) is 3.70. The van der Waals surface area contributed by atoms with Gasteiger partial charge in [-0.05, 0) is 31.2 Å². The highest BCUT2D eigenvalue weighted by Gasteiger charge is 2.34. The highest BCUT2D eigenvalue weighted by atomic mass is 15.0. The van der Waals surface area contributed by atoms with Crippen LogP contribution in [0.2, 0.25) is 0 Å². The number of rotatable bonds is 1. The van der Waals surface area contributed by atoms with Gasteiger partial charge in [-0.3, -0.25) is 0 Å². The van der Waals surface area contributed by atoms with Crippen molar-refractivity contribution in [3.63, 3.8) is 0 Å². The molecule has 1 unspecified atom stereocenters. The van der Waals surface area contributed by atoms with Gasteiger partial charge < -0.3 is 5.32 Å². The first kappa shape index (κ1) is 8.55. The van der Waals surface area contributed by atoms with Crippen LogP contribution in [0.1, 0.15) is 45.4 Å². The van der Waals surface area contributed by atoms with Crippen LogP contribution in [-0.4, -0.2) is 12.6 Å². The maximum absolute atomic E-state index is 3.70. The van der Waals surface area contributed by atoms with E-state index in [1.807, 2.05) is 0 Å². The highest BCUT2D eigenvalue weighted by Crippen LogP contribution is 2.34. The monoisotopic (exact) mass is 167 g/mol. The van der Waals surface area contributed by atoms with Crippen molar-refractivity contribution in [2.45, 2.75) is 51.5 Å². The van der Waals surface area contributed by atoms with Crippen LogP contribution < -0.4 is 5.32 Å². The van der Waals surface area contributed by atoms with E-state index in [-0.39, 0.29) is 0 Å². The van der Waals surface area contributed by atoms with Crippen molar-refractivity contribution in [3.8, 4) is 0 Å². The smallest absolute Gasteiger partial charge is 0.00985 e. The molecule has 1 saturated carbocycles. The maximum atomic E-state index is 3.70. The summed E-state index contributed by atoms with van der Waals surface area (Å²) in [6, 6.07) is 0.887.